The van der Waals surface area contributed by atoms with E-state index in [9.17, 15) is 9.59 Å². The number of hydrogen-bond donors (Lipinski definition) is 2. The van der Waals surface area contributed by atoms with Crippen LogP contribution >= 0.6 is 0 Å². The third-order valence-corrected chi connectivity index (χ3v) is 4.85. The monoisotopic (exact) mass is 325 g/mol. The van der Waals surface area contributed by atoms with E-state index >= 15 is 0 Å². The minimum Gasteiger partial charge on any atom is -0.331 e. The van der Waals surface area contributed by atoms with Crippen molar-refractivity contribution < 1.29 is 4.79 Å². The van der Waals surface area contributed by atoms with Gasteiger partial charge in [-0.3, -0.25) is 14.6 Å². The number of pyridine rings is 1. The van der Waals surface area contributed by atoms with Crippen molar-refractivity contribution in [3.05, 3.63) is 46.6 Å². The Morgan fingerprint density at radius 2 is 2.08 bits per heavy atom. The van der Waals surface area contributed by atoms with E-state index in [1.54, 1.807) is 18.5 Å². The molecule has 2 aliphatic rings. The molecule has 24 heavy (non-hydrogen) atoms. The van der Waals surface area contributed by atoms with Crippen LogP contribution in [0.25, 0.3) is 11.4 Å². The van der Waals surface area contributed by atoms with Crippen LogP contribution in [0.2, 0.25) is 0 Å². The largest absolute Gasteiger partial charge is 0.331 e. The Morgan fingerprint density at radius 3 is 2.88 bits per heavy atom. The van der Waals surface area contributed by atoms with Crippen molar-refractivity contribution in [1.29, 1.82) is 0 Å². The van der Waals surface area contributed by atoms with Gasteiger partial charge in [-0.05, 0) is 37.9 Å². The average Bonchev–Trinajstić information content (AvgIpc) is 2.88. The van der Waals surface area contributed by atoms with Gasteiger partial charge in [0, 0.05) is 42.8 Å². The number of hydrogen-bond acceptors (Lipinski definition) is 5. The van der Waals surface area contributed by atoms with Gasteiger partial charge < -0.3 is 15.2 Å². The van der Waals surface area contributed by atoms with Gasteiger partial charge in [0.05, 0.1) is 0 Å². The molecule has 2 aromatic heterocycles. The SMILES string of the molecule is O=C(c1cnc(-c2cccnc2)[nH]c1=O)N1[C@H]2CCNC[C@@H]1CC2. The Bertz CT molecular complexity index is 790. The van der Waals surface area contributed by atoms with Gasteiger partial charge in [0.2, 0.25) is 0 Å². The molecule has 2 atom stereocenters. The molecule has 0 radical (unpaired) electrons. The molecule has 2 saturated heterocycles. The number of carbonyl (C=O) groups excluding carboxylic acids is 1. The molecule has 2 aliphatic heterocycles. The van der Waals surface area contributed by atoms with E-state index in [4.69, 9.17) is 0 Å². The third-order valence-electron chi connectivity index (χ3n) is 4.85. The molecule has 7 nitrogen and oxygen atoms in total. The average molecular weight is 325 g/mol. The first-order chi connectivity index (χ1) is 11.7. The van der Waals surface area contributed by atoms with Crippen LogP contribution in [0.5, 0.6) is 0 Å². The summed E-state index contributed by atoms with van der Waals surface area (Å²) in [5.41, 5.74) is 0.430. The standard InChI is InChI=1S/C17H19N5O2/c23-16-14(10-20-15(21-16)11-2-1-6-18-8-11)17(24)22-12-3-4-13(22)9-19-7-5-12/h1-2,6,8,10,12-13,19H,3-5,7,9H2,(H,20,21,23)/t12-,13+/m1/s1. The first-order valence-corrected chi connectivity index (χ1v) is 8.27. The Labute approximate surface area is 139 Å². The maximum atomic E-state index is 12.9. The number of aromatic amines is 1. The molecule has 2 aromatic rings. The predicted molar refractivity (Wildman–Crippen MR) is 88.6 cm³/mol. The molecule has 2 N–H and O–H groups in total. The molecular formula is C17H19N5O2. The number of fused-ring (bicyclic) bond motifs is 2. The van der Waals surface area contributed by atoms with Crippen LogP contribution in [0.1, 0.15) is 29.6 Å². The van der Waals surface area contributed by atoms with Crippen molar-refractivity contribution in [1.82, 2.24) is 25.2 Å². The lowest BCUT2D eigenvalue weighted by atomic mass is 10.1. The van der Waals surface area contributed by atoms with Gasteiger partial charge in [0.25, 0.3) is 11.5 Å². The van der Waals surface area contributed by atoms with Crippen molar-refractivity contribution in [2.45, 2.75) is 31.3 Å². The molecule has 1 amide bonds. The molecular weight excluding hydrogens is 306 g/mol. The summed E-state index contributed by atoms with van der Waals surface area (Å²) in [5, 5.41) is 3.36. The van der Waals surface area contributed by atoms with Crippen LogP contribution < -0.4 is 10.9 Å². The van der Waals surface area contributed by atoms with Crippen LogP contribution in [-0.2, 0) is 0 Å². The molecule has 124 valence electrons. The molecule has 4 rings (SSSR count). The summed E-state index contributed by atoms with van der Waals surface area (Å²) in [7, 11) is 0. The Hall–Kier alpha value is -2.54. The summed E-state index contributed by atoms with van der Waals surface area (Å²) < 4.78 is 0. The van der Waals surface area contributed by atoms with Gasteiger partial charge in [0.1, 0.15) is 11.4 Å². The fourth-order valence-corrected chi connectivity index (χ4v) is 3.65. The van der Waals surface area contributed by atoms with Gasteiger partial charge in [-0.1, -0.05) is 0 Å². The molecule has 2 bridgehead atoms. The second-order valence-corrected chi connectivity index (χ2v) is 6.31. The van der Waals surface area contributed by atoms with E-state index in [1.807, 2.05) is 11.0 Å². The predicted octanol–water partition coefficient (Wildman–Crippen LogP) is 0.798. The highest BCUT2D eigenvalue weighted by molar-refractivity contribution is 5.94. The highest BCUT2D eigenvalue weighted by atomic mass is 16.2. The zero-order valence-electron chi connectivity index (χ0n) is 13.2. The summed E-state index contributed by atoms with van der Waals surface area (Å²) >= 11 is 0. The first kappa shape index (κ1) is 15.0. The number of nitrogens with zero attached hydrogens (tertiary/aromatic N) is 3. The van der Waals surface area contributed by atoms with Crippen molar-refractivity contribution in [2.75, 3.05) is 13.1 Å². The molecule has 0 aromatic carbocycles. The maximum Gasteiger partial charge on any atom is 0.264 e. The topological polar surface area (TPSA) is 91.0 Å². The third kappa shape index (κ3) is 2.60. The minimum atomic E-state index is -0.398. The number of aromatic nitrogens is 3. The number of rotatable bonds is 2. The number of carbonyl (C=O) groups is 1. The van der Waals surface area contributed by atoms with Crippen molar-refractivity contribution in [3.8, 4) is 11.4 Å². The maximum absolute atomic E-state index is 12.9. The van der Waals surface area contributed by atoms with Gasteiger partial charge in [-0.25, -0.2) is 4.98 Å². The lowest BCUT2D eigenvalue weighted by Gasteiger charge is -2.27. The van der Waals surface area contributed by atoms with E-state index in [0.717, 1.165) is 32.4 Å². The highest BCUT2D eigenvalue weighted by Crippen LogP contribution is 2.29. The Morgan fingerprint density at radius 1 is 1.21 bits per heavy atom. The molecule has 7 heteroatoms. The normalized spacial score (nSPS) is 23.1. The number of amides is 1. The molecule has 0 aliphatic carbocycles. The summed E-state index contributed by atoms with van der Waals surface area (Å²) in [4.78, 5) is 38.2. The van der Waals surface area contributed by atoms with E-state index in [0.29, 0.717) is 11.4 Å². The van der Waals surface area contributed by atoms with E-state index in [2.05, 4.69) is 20.3 Å². The van der Waals surface area contributed by atoms with Crippen LogP contribution in [0, 0.1) is 0 Å². The molecule has 0 unspecified atom stereocenters. The summed E-state index contributed by atoms with van der Waals surface area (Å²) in [6.45, 7) is 1.71. The number of nitrogens with one attached hydrogen (secondary N) is 2. The minimum absolute atomic E-state index is 0.112. The van der Waals surface area contributed by atoms with Crippen LogP contribution in [0.4, 0.5) is 0 Å². The fourth-order valence-electron chi connectivity index (χ4n) is 3.65. The first-order valence-electron chi connectivity index (χ1n) is 8.27. The van der Waals surface area contributed by atoms with Crippen LogP contribution in [0.15, 0.2) is 35.5 Å². The lowest BCUT2D eigenvalue weighted by Crippen LogP contribution is -2.44. The zero-order chi connectivity index (χ0) is 16.5. The zero-order valence-corrected chi connectivity index (χ0v) is 13.2. The molecule has 4 heterocycles. The highest BCUT2D eigenvalue weighted by Gasteiger charge is 2.39. The van der Waals surface area contributed by atoms with Crippen molar-refractivity contribution in [3.63, 3.8) is 0 Å². The van der Waals surface area contributed by atoms with Gasteiger partial charge in [0.15, 0.2) is 0 Å². The summed E-state index contributed by atoms with van der Waals surface area (Å²) in [5.74, 6) is 0.211. The van der Waals surface area contributed by atoms with Gasteiger partial charge >= 0.3 is 0 Å². The Kier molecular flexibility index (Phi) is 3.86. The Balaban J connectivity index is 1.65. The van der Waals surface area contributed by atoms with Gasteiger partial charge in [-0.2, -0.15) is 0 Å². The van der Waals surface area contributed by atoms with Crippen LogP contribution in [0.3, 0.4) is 0 Å². The van der Waals surface area contributed by atoms with E-state index < -0.39 is 5.56 Å². The molecule has 0 spiro atoms. The van der Waals surface area contributed by atoms with Gasteiger partial charge in [-0.15, -0.1) is 0 Å². The smallest absolute Gasteiger partial charge is 0.264 e. The molecule has 2 fully saturated rings. The van der Waals surface area contributed by atoms with Crippen LogP contribution in [-0.4, -0.2) is 50.9 Å². The number of H-pyrrole nitrogens is 1. The quantitative estimate of drug-likeness (QED) is 0.852. The second-order valence-electron chi connectivity index (χ2n) is 6.31. The van der Waals surface area contributed by atoms with Crippen molar-refractivity contribution >= 4 is 5.91 Å². The van der Waals surface area contributed by atoms with Crippen molar-refractivity contribution in [2.24, 2.45) is 0 Å². The summed E-state index contributed by atoms with van der Waals surface area (Å²) in [6, 6.07) is 3.97. The fraction of sp³-hybridized carbons (Fsp3) is 0.412. The molecule has 0 saturated carbocycles. The second kappa shape index (κ2) is 6.16. The van der Waals surface area contributed by atoms with E-state index in [-0.39, 0.29) is 23.6 Å². The summed E-state index contributed by atoms with van der Waals surface area (Å²) in [6.07, 6.45) is 7.60. The lowest BCUT2D eigenvalue weighted by molar-refractivity contribution is 0.0678. The van der Waals surface area contributed by atoms with E-state index in [1.165, 1.54) is 6.20 Å².